The number of pyridine rings is 1. The molecule has 3 N–H and O–H groups in total. The van der Waals surface area contributed by atoms with Gasteiger partial charge in [0.1, 0.15) is 11.6 Å². The number of nitrogens with one attached hydrogen (secondary N) is 3. The average Bonchev–Trinajstić information content (AvgIpc) is 3.49. The molecule has 33 heavy (non-hydrogen) atoms. The predicted octanol–water partition coefficient (Wildman–Crippen LogP) is 2.99. The largest absolute Gasteiger partial charge is 0.417 e. The highest BCUT2D eigenvalue weighted by Crippen LogP contribution is 2.33. The number of anilines is 5. The maximum Gasteiger partial charge on any atom is 0.417 e. The molecular formula is C23H24N8O2. The van der Waals surface area contributed by atoms with Crippen molar-refractivity contribution in [3.63, 3.8) is 0 Å². The van der Waals surface area contributed by atoms with Crippen LogP contribution >= 0.6 is 0 Å². The number of hydrogen-bond acceptors (Lipinski definition) is 9. The average molecular weight is 444 g/mol. The molecule has 5 heterocycles. The van der Waals surface area contributed by atoms with Gasteiger partial charge in [-0.3, -0.25) is 9.88 Å². The second-order valence-electron chi connectivity index (χ2n) is 8.74. The van der Waals surface area contributed by atoms with E-state index in [1.54, 1.807) is 18.3 Å². The van der Waals surface area contributed by atoms with Crippen molar-refractivity contribution in [2.45, 2.75) is 25.4 Å². The summed E-state index contributed by atoms with van der Waals surface area (Å²) in [7, 11) is 2.20. The number of oxazole rings is 1. The molecule has 0 unspecified atom stereocenters. The first-order valence-electron chi connectivity index (χ1n) is 11.0. The molecule has 2 aliphatic rings. The van der Waals surface area contributed by atoms with Crippen LogP contribution in [0.5, 0.6) is 0 Å². The fraction of sp³-hybridized carbons (Fsp3) is 0.304. The van der Waals surface area contributed by atoms with Crippen molar-refractivity contribution >= 4 is 40.1 Å². The van der Waals surface area contributed by atoms with E-state index in [4.69, 9.17) is 4.42 Å². The van der Waals surface area contributed by atoms with Gasteiger partial charge < -0.3 is 20.0 Å². The lowest BCUT2D eigenvalue weighted by Crippen LogP contribution is -2.44. The first-order chi connectivity index (χ1) is 16.0. The predicted molar refractivity (Wildman–Crippen MR) is 127 cm³/mol. The maximum absolute atomic E-state index is 11.4. The van der Waals surface area contributed by atoms with Crippen molar-refractivity contribution in [2.24, 2.45) is 0 Å². The van der Waals surface area contributed by atoms with Gasteiger partial charge in [0.25, 0.3) is 0 Å². The highest BCUT2D eigenvalue weighted by molar-refractivity contribution is 5.78. The van der Waals surface area contributed by atoms with Gasteiger partial charge in [-0.25, -0.2) is 14.8 Å². The van der Waals surface area contributed by atoms with E-state index in [2.05, 4.69) is 53.5 Å². The first kappa shape index (κ1) is 19.7. The summed E-state index contributed by atoms with van der Waals surface area (Å²) in [5.41, 5.74) is 3.64. The van der Waals surface area contributed by atoms with Crippen molar-refractivity contribution in [3.8, 4) is 0 Å². The third kappa shape index (κ3) is 3.68. The molecule has 10 nitrogen and oxygen atoms in total. The molecule has 0 spiro atoms. The van der Waals surface area contributed by atoms with Crippen molar-refractivity contribution in [1.29, 1.82) is 0 Å². The minimum Gasteiger partial charge on any atom is -0.408 e. The lowest BCUT2D eigenvalue weighted by molar-refractivity contribution is 0.292. The minimum absolute atomic E-state index is 0.470. The Hall–Kier alpha value is -3.92. The highest BCUT2D eigenvalue weighted by Gasteiger charge is 2.41. The molecule has 0 aliphatic carbocycles. The Morgan fingerprint density at radius 2 is 1.94 bits per heavy atom. The van der Waals surface area contributed by atoms with E-state index >= 15 is 0 Å². The number of rotatable bonds is 5. The standard InChI is InChI=1S/C23H24N8O2/c1-13-9-25-22(29-21(13)26-14-3-5-19-18(7-14)28-23(32)33-19)27-15-4-6-20(24-10-15)31-12-16-8-17(31)11-30(16)2/h3-7,9-10,16-17H,8,11-12H2,1-2H3,(H,28,32)(H2,25,26,27,29)/t16-,17+/m1/s1. The molecule has 6 rings (SSSR count). The molecule has 3 aromatic heterocycles. The number of piperazine rings is 1. The fourth-order valence-electron chi connectivity index (χ4n) is 4.70. The molecule has 0 amide bonds. The zero-order valence-corrected chi connectivity index (χ0v) is 18.4. The first-order valence-corrected chi connectivity index (χ1v) is 11.0. The van der Waals surface area contributed by atoms with Crippen LogP contribution in [0.15, 0.2) is 51.9 Å². The number of aromatic amines is 1. The van der Waals surface area contributed by atoms with Gasteiger partial charge in [-0.1, -0.05) is 0 Å². The number of likely N-dealkylation sites (tertiary alicyclic amines) is 1. The Bertz CT molecular complexity index is 1380. The van der Waals surface area contributed by atoms with E-state index < -0.39 is 5.76 Å². The van der Waals surface area contributed by atoms with Gasteiger partial charge >= 0.3 is 5.76 Å². The van der Waals surface area contributed by atoms with E-state index in [0.717, 1.165) is 35.8 Å². The van der Waals surface area contributed by atoms with Gasteiger partial charge in [0.15, 0.2) is 5.58 Å². The molecule has 2 aliphatic heterocycles. The van der Waals surface area contributed by atoms with Crippen LogP contribution in [0, 0.1) is 6.92 Å². The highest BCUT2D eigenvalue weighted by atomic mass is 16.4. The molecule has 1 aromatic carbocycles. The molecule has 2 atom stereocenters. The fourth-order valence-corrected chi connectivity index (χ4v) is 4.70. The van der Waals surface area contributed by atoms with Gasteiger partial charge in [-0.05, 0) is 50.7 Å². The van der Waals surface area contributed by atoms with E-state index in [0.29, 0.717) is 34.9 Å². The number of aryl methyl sites for hydroxylation is 1. The Morgan fingerprint density at radius 3 is 2.70 bits per heavy atom. The second kappa shape index (κ2) is 7.59. The number of hydrogen-bond donors (Lipinski definition) is 3. The van der Waals surface area contributed by atoms with Crippen molar-refractivity contribution in [1.82, 2.24) is 24.8 Å². The third-order valence-electron chi connectivity index (χ3n) is 6.47. The summed E-state index contributed by atoms with van der Waals surface area (Å²) in [5, 5.41) is 6.52. The Balaban J connectivity index is 1.17. The molecule has 2 bridgehead atoms. The summed E-state index contributed by atoms with van der Waals surface area (Å²) in [4.78, 5) is 32.6. The third-order valence-corrected chi connectivity index (χ3v) is 6.47. The van der Waals surface area contributed by atoms with Crippen LogP contribution in [0.4, 0.5) is 29.0 Å². The van der Waals surface area contributed by atoms with Crippen LogP contribution in [0.2, 0.25) is 0 Å². The molecule has 0 saturated carbocycles. The quantitative estimate of drug-likeness (QED) is 0.427. The van der Waals surface area contributed by atoms with Crippen LogP contribution in [0.1, 0.15) is 12.0 Å². The summed E-state index contributed by atoms with van der Waals surface area (Å²) in [6.07, 6.45) is 4.80. The van der Waals surface area contributed by atoms with Crippen LogP contribution in [0.25, 0.3) is 11.1 Å². The maximum atomic E-state index is 11.4. The van der Waals surface area contributed by atoms with Gasteiger partial charge in [0, 0.05) is 42.6 Å². The van der Waals surface area contributed by atoms with E-state index in [1.165, 1.54) is 6.42 Å². The SMILES string of the molecule is Cc1cnc(Nc2ccc(N3C[C@H]4C[C@H]3CN4C)nc2)nc1Nc1ccc2oc(=O)[nH]c2c1. The minimum atomic E-state index is -0.476. The van der Waals surface area contributed by atoms with E-state index in [1.807, 2.05) is 25.3 Å². The number of likely N-dealkylation sites (N-methyl/N-ethyl adjacent to an activating group) is 1. The summed E-state index contributed by atoms with van der Waals surface area (Å²) >= 11 is 0. The zero-order chi connectivity index (χ0) is 22.5. The monoisotopic (exact) mass is 444 g/mol. The zero-order valence-electron chi connectivity index (χ0n) is 18.4. The summed E-state index contributed by atoms with van der Waals surface area (Å²) in [5.74, 6) is 1.67. The van der Waals surface area contributed by atoms with Gasteiger partial charge in [-0.15, -0.1) is 0 Å². The van der Waals surface area contributed by atoms with Crippen LogP contribution in [0.3, 0.4) is 0 Å². The Kier molecular flexibility index (Phi) is 4.54. The molecule has 2 saturated heterocycles. The van der Waals surface area contributed by atoms with Crippen LogP contribution < -0.4 is 21.3 Å². The lowest BCUT2D eigenvalue weighted by atomic mass is 10.2. The number of fused-ring (bicyclic) bond motifs is 3. The van der Waals surface area contributed by atoms with Crippen LogP contribution in [-0.2, 0) is 0 Å². The summed E-state index contributed by atoms with van der Waals surface area (Å²) in [6, 6.07) is 10.6. The van der Waals surface area contributed by atoms with Crippen molar-refractivity contribution < 1.29 is 4.42 Å². The Morgan fingerprint density at radius 1 is 1.06 bits per heavy atom. The smallest absolute Gasteiger partial charge is 0.408 e. The molecular weight excluding hydrogens is 420 g/mol. The number of nitrogens with zero attached hydrogens (tertiary/aromatic N) is 5. The number of benzene rings is 1. The Labute approximate surface area is 189 Å². The van der Waals surface area contributed by atoms with Crippen molar-refractivity contribution in [2.75, 3.05) is 35.7 Å². The number of aromatic nitrogens is 4. The summed E-state index contributed by atoms with van der Waals surface area (Å²) in [6.45, 7) is 4.07. The summed E-state index contributed by atoms with van der Waals surface area (Å²) < 4.78 is 5.06. The normalized spacial score (nSPS) is 20.0. The van der Waals surface area contributed by atoms with Gasteiger partial charge in [-0.2, -0.15) is 4.98 Å². The topological polar surface area (TPSA) is 115 Å². The number of H-pyrrole nitrogens is 1. The molecule has 2 fully saturated rings. The molecule has 10 heteroatoms. The second-order valence-corrected chi connectivity index (χ2v) is 8.74. The van der Waals surface area contributed by atoms with Crippen LogP contribution in [-0.4, -0.2) is 57.1 Å². The van der Waals surface area contributed by atoms with Gasteiger partial charge in [0.05, 0.1) is 17.4 Å². The van der Waals surface area contributed by atoms with E-state index in [-0.39, 0.29) is 0 Å². The van der Waals surface area contributed by atoms with E-state index in [9.17, 15) is 4.79 Å². The van der Waals surface area contributed by atoms with Gasteiger partial charge in [0.2, 0.25) is 5.95 Å². The molecule has 0 radical (unpaired) electrons. The van der Waals surface area contributed by atoms with Crippen molar-refractivity contribution in [3.05, 3.63) is 58.8 Å². The lowest BCUT2D eigenvalue weighted by Gasteiger charge is -2.32. The molecule has 4 aromatic rings. The molecule has 168 valence electrons.